The predicted octanol–water partition coefficient (Wildman–Crippen LogP) is 3.75. The molecule has 1 saturated heterocycles. The molecule has 2 aromatic rings. The van der Waals surface area contributed by atoms with Gasteiger partial charge in [-0.2, -0.15) is 0 Å². The molecule has 0 radical (unpaired) electrons. The number of amides is 1. The maximum absolute atomic E-state index is 12.9. The van der Waals surface area contributed by atoms with Crippen LogP contribution in [0.15, 0.2) is 53.2 Å². The molecule has 122 valence electrons. The third kappa shape index (κ3) is 3.75. The van der Waals surface area contributed by atoms with Crippen molar-refractivity contribution in [3.05, 3.63) is 75.2 Å². The molecule has 7 heteroatoms. The third-order valence-corrected chi connectivity index (χ3v) is 4.01. The van der Waals surface area contributed by atoms with E-state index in [1.807, 2.05) is 0 Å². The SMILES string of the molecule is O=C1NC(=NCc2ccc(F)cc2)N/C1=C\c1c(Cl)cccc1Cl. The highest BCUT2D eigenvalue weighted by molar-refractivity contribution is 6.37. The molecule has 0 atom stereocenters. The van der Waals surface area contributed by atoms with E-state index in [1.165, 1.54) is 12.1 Å². The second-order valence-corrected chi connectivity index (χ2v) is 5.88. The Morgan fingerprint density at radius 1 is 1.04 bits per heavy atom. The Morgan fingerprint density at radius 3 is 2.38 bits per heavy atom. The number of halogens is 3. The number of nitrogens with one attached hydrogen (secondary N) is 2. The summed E-state index contributed by atoms with van der Waals surface area (Å²) in [6.07, 6.45) is 1.57. The number of hydrogen-bond acceptors (Lipinski definition) is 2. The lowest BCUT2D eigenvalue weighted by Crippen LogP contribution is -2.25. The molecule has 0 unspecified atom stereocenters. The molecule has 0 bridgehead atoms. The Morgan fingerprint density at radius 2 is 1.71 bits per heavy atom. The van der Waals surface area contributed by atoms with Gasteiger partial charge in [-0.15, -0.1) is 0 Å². The minimum Gasteiger partial charge on any atom is -0.321 e. The van der Waals surface area contributed by atoms with Crippen LogP contribution in [0.1, 0.15) is 11.1 Å². The summed E-state index contributed by atoms with van der Waals surface area (Å²) in [5, 5.41) is 6.39. The van der Waals surface area contributed by atoms with Crippen LogP contribution in [0, 0.1) is 5.82 Å². The van der Waals surface area contributed by atoms with Gasteiger partial charge in [0, 0.05) is 15.6 Å². The molecule has 1 amide bonds. The van der Waals surface area contributed by atoms with Crippen molar-refractivity contribution >= 4 is 41.1 Å². The van der Waals surface area contributed by atoms with Gasteiger partial charge in [0.05, 0.1) is 6.54 Å². The quantitative estimate of drug-likeness (QED) is 0.816. The maximum atomic E-state index is 12.9. The molecule has 3 rings (SSSR count). The van der Waals surface area contributed by atoms with Crippen LogP contribution in [-0.4, -0.2) is 11.9 Å². The highest BCUT2D eigenvalue weighted by Crippen LogP contribution is 2.26. The summed E-state index contributed by atoms with van der Waals surface area (Å²) < 4.78 is 12.9. The van der Waals surface area contributed by atoms with Gasteiger partial charge < -0.3 is 5.32 Å². The summed E-state index contributed by atoms with van der Waals surface area (Å²) in [7, 11) is 0. The molecule has 0 aliphatic carbocycles. The van der Waals surface area contributed by atoms with Gasteiger partial charge in [0.15, 0.2) is 0 Å². The Balaban J connectivity index is 1.77. The minimum absolute atomic E-state index is 0.294. The Kier molecular flexibility index (Phi) is 4.83. The topological polar surface area (TPSA) is 53.5 Å². The first kappa shape index (κ1) is 16.5. The molecule has 1 aliphatic heterocycles. The molecule has 4 nitrogen and oxygen atoms in total. The number of guanidine groups is 1. The van der Waals surface area contributed by atoms with Gasteiger partial charge in [0.2, 0.25) is 5.96 Å². The molecule has 0 spiro atoms. The number of carbonyl (C=O) groups is 1. The van der Waals surface area contributed by atoms with Crippen molar-refractivity contribution in [3.8, 4) is 0 Å². The first-order valence-corrected chi connectivity index (χ1v) is 7.81. The van der Waals surface area contributed by atoms with Crippen molar-refractivity contribution in [2.24, 2.45) is 4.99 Å². The summed E-state index contributed by atoms with van der Waals surface area (Å²) in [6.45, 7) is 0.309. The molecule has 1 fully saturated rings. The van der Waals surface area contributed by atoms with Crippen molar-refractivity contribution in [2.75, 3.05) is 0 Å². The fraction of sp³-hybridized carbons (Fsp3) is 0.0588. The van der Waals surface area contributed by atoms with Gasteiger partial charge in [-0.05, 0) is 35.9 Å². The van der Waals surface area contributed by atoms with Crippen molar-refractivity contribution in [3.63, 3.8) is 0 Å². The zero-order valence-corrected chi connectivity index (χ0v) is 13.8. The van der Waals surface area contributed by atoms with Gasteiger partial charge in [-0.1, -0.05) is 41.4 Å². The largest absolute Gasteiger partial charge is 0.321 e. The lowest BCUT2D eigenvalue weighted by Gasteiger charge is -2.02. The van der Waals surface area contributed by atoms with Crippen LogP contribution >= 0.6 is 23.2 Å². The smallest absolute Gasteiger partial charge is 0.274 e. The second-order valence-electron chi connectivity index (χ2n) is 5.06. The first-order chi connectivity index (χ1) is 11.5. The Labute approximate surface area is 148 Å². The van der Waals surface area contributed by atoms with Gasteiger partial charge >= 0.3 is 0 Å². The van der Waals surface area contributed by atoms with E-state index < -0.39 is 0 Å². The molecule has 2 N–H and O–H groups in total. The standard InChI is InChI=1S/C17H12Cl2FN3O/c18-13-2-1-3-14(19)12(13)8-15-16(24)23-17(22-15)21-9-10-4-6-11(20)7-5-10/h1-8H,9H2,(H2,21,22,23,24)/b15-8-. The number of hydrogen-bond donors (Lipinski definition) is 2. The van der Waals surface area contributed by atoms with Gasteiger partial charge in [-0.25, -0.2) is 9.38 Å². The molecule has 1 aliphatic rings. The lowest BCUT2D eigenvalue weighted by molar-refractivity contribution is -0.115. The number of rotatable bonds is 3. The number of carbonyl (C=O) groups excluding carboxylic acids is 1. The van der Waals surface area contributed by atoms with Crippen LogP contribution in [0.5, 0.6) is 0 Å². The van der Waals surface area contributed by atoms with Gasteiger partial charge in [0.25, 0.3) is 5.91 Å². The van der Waals surface area contributed by atoms with Crippen LogP contribution in [0.4, 0.5) is 4.39 Å². The van der Waals surface area contributed by atoms with Crippen LogP contribution in [-0.2, 0) is 11.3 Å². The van der Waals surface area contributed by atoms with E-state index in [9.17, 15) is 9.18 Å². The summed E-state index contributed by atoms with van der Waals surface area (Å²) in [5.74, 6) is -0.317. The molecular weight excluding hydrogens is 352 g/mol. The van der Waals surface area contributed by atoms with Crippen molar-refractivity contribution in [2.45, 2.75) is 6.54 Å². The maximum Gasteiger partial charge on any atom is 0.274 e. The molecule has 1 heterocycles. The van der Waals surface area contributed by atoms with Crippen molar-refractivity contribution < 1.29 is 9.18 Å². The Bertz CT molecular complexity index is 827. The molecule has 0 saturated carbocycles. The first-order valence-electron chi connectivity index (χ1n) is 7.06. The normalized spacial score (nSPS) is 17.2. The van der Waals surface area contributed by atoms with E-state index in [-0.39, 0.29) is 11.7 Å². The van der Waals surface area contributed by atoms with E-state index in [2.05, 4.69) is 15.6 Å². The third-order valence-electron chi connectivity index (χ3n) is 3.35. The molecule has 2 aromatic carbocycles. The number of benzene rings is 2. The molecule has 24 heavy (non-hydrogen) atoms. The second kappa shape index (κ2) is 7.03. The number of nitrogens with zero attached hydrogens (tertiary/aromatic N) is 1. The van der Waals surface area contributed by atoms with E-state index in [0.29, 0.717) is 33.8 Å². The summed E-state index contributed by atoms with van der Waals surface area (Å²) in [4.78, 5) is 16.3. The van der Waals surface area contributed by atoms with E-state index in [0.717, 1.165) is 5.56 Å². The zero-order chi connectivity index (χ0) is 17.1. The highest BCUT2D eigenvalue weighted by Gasteiger charge is 2.22. The molecule has 0 aromatic heterocycles. The lowest BCUT2D eigenvalue weighted by atomic mass is 10.2. The van der Waals surface area contributed by atoms with Crippen molar-refractivity contribution in [1.29, 1.82) is 0 Å². The monoisotopic (exact) mass is 363 g/mol. The minimum atomic E-state index is -0.330. The average Bonchev–Trinajstić information content (AvgIpc) is 2.90. The average molecular weight is 364 g/mol. The van der Waals surface area contributed by atoms with E-state index >= 15 is 0 Å². The van der Waals surface area contributed by atoms with Crippen LogP contribution in [0.3, 0.4) is 0 Å². The summed E-state index contributed by atoms with van der Waals surface area (Å²) in [6, 6.07) is 11.1. The fourth-order valence-electron chi connectivity index (χ4n) is 2.12. The van der Waals surface area contributed by atoms with Crippen LogP contribution in [0.25, 0.3) is 6.08 Å². The van der Waals surface area contributed by atoms with Crippen LogP contribution in [0.2, 0.25) is 10.0 Å². The predicted molar refractivity (Wildman–Crippen MR) is 93.3 cm³/mol. The van der Waals surface area contributed by atoms with E-state index in [4.69, 9.17) is 23.2 Å². The Hall–Kier alpha value is -2.37. The zero-order valence-electron chi connectivity index (χ0n) is 12.3. The number of aliphatic imine (C=N–C) groups is 1. The van der Waals surface area contributed by atoms with Crippen LogP contribution < -0.4 is 10.6 Å². The highest BCUT2D eigenvalue weighted by atomic mass is 35.5. The van der Waals surface area contributed by atoms with Crippen molar-refractivity contribution in [1.82, 2.24) is 10.6 Å². The van der Waals surface area contributed by atoms with E-state index in [1.54, 1.807) is 36.4 Å². The fourth-order valence-corrected chi connectivity index (χ4v) is 2.63. The molecular formula is C17H12Cl2FN3O. The summed E-state index contributed by atoms with van der Waals surface area (Å²) >= 11 is 12.2. The van der Waals surface area contributed by atoms with Gasteiger partial charge in [0.1, 0.15) is 11.5 Å². The summed E-state index contributed by atoms with van der Waals surface area (Å²) in [5.41, 5.74) is 1.67. The van der Waals surface area contributed by atoms with Gasteiger partial charge in [-0.3, -0.25) is 10.1 Å².